The van der Waals surface area contributed by atoms with Crippen LogP contribution in [-0.2, 0) is 11.8 Å². The van der Waals surface area contributed by atoms with Gasteiger partial charge in [-0.05, 0) is 62.6 Å². The van der Waals surface area contributed by atoms with E-state index in [0.29, 0.717) is 0 Å². The van der Waals surface area contributed by atoms with Crippen LogP contribution in [0.1, 0.15) is 23.6 Å². The molecular formula is C49H36N2. The number of benzene rings is 7. The Hall–Kier alpha value is -6.38. The predicted molar refractivity (Wildman–Crippen MR) is 211 cm³/mol. The standard InChI is InChI=1S/C49H36N2/c1-49(33-41-16-8-9-17-43(41)44-18-10-11-19-45(44)49)42-30-28-37(29-31-42)36-22-26-39(27-23-36)47-32-46(50-48(51-47)40-14-6-3-7-15-40)38-24-20-35(21-25-38)34-12-4-2-5-13-34/h2-32H,33H2,1H3. The minimum Gasteiger partial charge on any atom is -0.228 e. The van der Waals surface area contributed by atoms with E-state index in [2.05, 4.69) is 171 Å². The summed E-state index contributed by atoms with van der Waals surface area (Å²) in [5, 5.41) is 0. The highest BCUT2D eigenvalue weighted by molar-refractivity contribution is 5.78. The summed E-state index contributed by atoms with van der Waals surface area (Å²) < 4.78 is 0. The minimum atomic E-state index is -0.101. The fraction of sp³-hybridized carbons (Fsp3) is 0.0612. The van der Waals surface area contributed by atoms with Crippen molar-refractivity contribution in [3.05, 3.63) is 205 Å². The molecule has 1 atom stereocenters. The minimum absolute atomic E-state index is 0.101. The zero-order valence-electron chi connectivity index (χ0n) is 28.5. The molecule has 0 spiro atoms. The second kappa shape index (κ2) is 12.8. The molecule has 7 aromatic carbocycles. The highest BCUT2D eigenvalue weighted by atomic mass is 14.9. The first-order valence-electron chi connectivity index (χ1n) is 17.6. The molecule has 2 heteroatoms. The van der Waals surface area contributed by atoms with Gasteiger partial charge in [0.05, 0.1) is 11.4 Å². The van der Waals surface area contributed by atoms with Crippen molar-refractivity contribution in [2.45, 2.75) is 18.8 Å². The summed E-state index contributed by atoms with van der Waals surface area (Å²) in [4.78, 5) is 10.1. The molecule has 0 N–H and O–H groups in total. The monoisotopic (exact) mass is 652 g/mol. The number of nitrogens with zero attached hydrogens (tertiary/aromatic N) is 2. The summed E-state index contributed by atoms with van der Waals surface area (Å²) in [6.45, 7) is 2.39. The lowest BCUT2D eigenvalue weighted by Gasteiger charge is -2.38. The maximum Gasteiger partial charge on any atom is 0.160 e. The molecule has 0 bridgehead atoms. The summed E-state index contributed by atoms with van der Waals surface area (Å²) in [6, 6.07) is 67.1. The van der Waals surface area contributed by atoms with Crippen LogP contribution in [0.2, 0.25) is 0 Å². The fourth-order valence-corrected chi connectivity index (χ4v) is 7.66. The third-order valence-electron chi connectivity index (χ3n) is 10.5. The van der Waals surface area contributed by atoms with Gasteiger partial charge in [0.15, 0.2) is 5.82 Å². The Morgan fingerprint density at radius 2 is 0.824 bits per heavy atom. The van der Waals surface area contributed by atoms with E-state index in [1.807, 2.05) is 24.3 Å². The van der Waals surface area contributed by atoms with Crippen LogP contribution < -0.4 is 0 Å². The summed E-state index contributed by atoms with van der Waals surface area (Å²) in [7, 11) is 0. The van der Waals surface area contributed by atoms with Gasteiger partial charge < -0.3 is 0 Å². The van der Waals surface area contributed by atoms with Crippen molar-refractivity contribution >= 4 is 0 Å². The van der Waals surface area contributed by atoms with E-state index in [4.69, 9.17) is 9.97 Å². The van der Waals surface area contributed by atoms with Crippen molar-refractivity contribution in [2.24, 2.45) is 0 Å². The van der Waals surface area contributed by atoms with Crippen LogP contribution in [0.4, 0.5) is 0 Å². The maximum atomic E-state index is 5.06. The third kappa shape index (κ3) is 5.75. The summed E-state index contributed by atoms with van der Waals surface area (Å²) >= 11 is 0. The zero-order valence-corrected chi connectivity index (χ0v) is 28.5. The molecule has 242 valence electrons. The Labute approximate surface area is 299 Å². The molecule has 0 aliphatic heterocycles. The normalized spacial score (nSPS) is 14.8. The van der Waals surface area contributed by atoms with Crippen molar-refractivity contribution in [3.63, 3.8) is 0 Å². The lowest BCUT2D eigenvalue weighted by molar-refractivity contribution is 0.561. The third-order valence-corrected chi connectivity index (χ3v) is 10.5. The molecule has 0 radical (unpaired) electrons. The molecular weight excluding hydrogens is 617 g/mol. The molecule has 0 amide bonds. The second-order valence-electron chi connectivity index (χ2n) is 13.6. The summed E-state index contributed by atoms with van der Waals surface area (Å²) in [5.41, 5.74) is 16.4. The van der Waals surface area contributed by atoms with Gasteiger partial charge in [-0.2, -0.15) is 0 Å². The van der Waals surface area contributed by atoms with Gasteiger partial charge >= 0.3 is 0 Å². The number of hydrogen-bond donors (Lipinski definition) is 0. The van der Waals surface area contributed by atoms with Gasteiger partial charge in [-0.1, -0.05) is 189 Å². The number of rotatable bonds is 6. The van der Waals surface area contributed by atoms with Crippen LogP contribution >= 0.6 is 0 Å². The lowest BCUT2D eigenvalue weighted by Crippen LogP contribution is -2.30. The molecule has 1 aromatic heterocycles. The van der Waals surface area contributed by atoms with Crippen LogP contribution in [0, 0.1) is 0 Å². The zero-order chi connectivity index (χ0) is 34.2. The quantitative estimate of drug-likeness (QED) is 0.179. The number of fused-ring (bicyclic) bond motifs is 3. The molecule has 9 rings (SSSR count). The van der Waals surface area contributed by atoms with E-state index in [1.54, 1.807) is 0 Å². The molecule has 1 unspecified atom stereocenters. The van der Waals surface area contributed by atoms with E-state index < -0.39 is 0 Å². The maximum absolute atomic E-state index is 5.06. The van der Waals surface area contributed by atoms with Crippen LogP contribution in [0.5, 0.6) is 0 Å². The number of aromatic nitrogens is 2. The molecule has 8 aromatic rings. The van der Waals surface area contributed by atoms with E-state index >= 15 is 0 Å². The Morgan fingerprint density at radius 1 is 0.392 bits per heavy atom. The van der Waals surface area contributed by atoms with Crippen LogP contribution in [0.15, 0.2) is 188 Å². The van der Waals surface area contributed by atoms with Gasteiger partial charge in [-0.15, -0.1) is 0 Å². The van der Waals surface area contributed by atoms with E-state index in [0.717, 1.165) is 40.3 Å². The Morgan fingerprint density at radius 3 is 1.41 bits per heavy atom. The van der Waals surface area contributed by atoms with E-state index in [9.17, 15) is 0 Å². The molecule has 1 aliphatic carbocycles. The van der Waals surface area contributed by atoms with Gasteiger partial charge in [0.25, 0.3) is 0 Å². The Balaban J connectivity index is 1.03. The second-order valence-corrected chi connectivity index (χ2v) is 13.6. The van der Waals surface area contributed by atoms with Crippen molar-refractivity contribution in [2.75, 3.05) is 0 Å². The first-order chi connectivity index (χ1) is 25.1. The highest BCUT2D eigenvalue weighted by Gasteiger charge is 2.36. The molecule has 51 heavy (non-hydrogen) atoms. The predicted octanol–water partition coefficient (Wildman–Crippen LogP) is 12.3. The molecule has 1 heterocycles. The van der Waals surface area contributed by atoms with Crippen molar-refractivity contribution in [3.8, 4) is 67.3 Å². The van der Waals surface area contributed by atoms with Crippen molar-refractivity contribution in [1.82, 2.24) is 9.97 Å². The molecule has 0 fully saturated rings. The molecule has 0 saturated heterocycles. The summed E-state index contributed by atoms with van der Waals surface area (Å²) in [5.74, 6) is 0.718. The topological polar surface area (TPSA) is 25.8 Å². The van der Waals surface area contributed by atoms with Gasteiger partial charge in [-0.25, -0.2) is 9.97 Å². The summed E-state index contributed by atoms with van der Waals surface area (Å²) in [6.07, 6.45) is 0.983. The molecule has 2 nitrogen and oxygen atoms in total. The van der Waals surface area contributed by atoms with Crippen LogP contribution in [-0.4, -0.2) is 9.97 Å². The average Bonchev–Trinajstić information content (AvgIpc) is 3.22. The lowest BCUT2D eigenvalue weighted by atomic mass is 9.65. The Kier molecular flexibility index (Phi) is 7.71. The largest absolute Gasteiger partial charge is 0.228 e. The first-order valence-corrected chi connectivity index (χ1v) is 17.6. The first kappa shape index (κ1) is 30.7. The Bertz CT molecular complexity index is 2470. The van der Waals surface area contributed by atoms with E-state index in [1.165, 1.54) is 50.1 Å². The fourth-order valence-electron chi connectivity index (χ4n) is 7.66. The molecule has 0 saturated carbocycles. The van der Waals surface area contributed by atoms with Crippen molar-refractivity contribution < 1.29 is 0 Å². The molecule has 1 aliphatic rings. The average molecular weight is 653 g/mol. The van der Waals surface area contributed by atoms with Gasteiger partial charge in [-0.3, -0.25) is 0 Å². The van der Waals surface area contributed by atoms with Crippen molar-refractivity contribution in [1.29, 1.82) is 0 Å². The SMILES string of the molecule is CC1(c2ccc(-c3ccc(-c4cc(-c5ccc(-c6ccccc6)cc5)nc(-c5ccccc5)n4)cc3)cc2)Cc2ccccc2-c2ccccc21. The van der Waals surface area contributed by atoms with Gasteiger partial charge in [0.2, 0.25) is 0 Å². The smallest absolute Gasteiger partial charge is 0.160 e. The van der Waals surface area contributed by atoms with Crippen LogP contribution in [0.25, 0.3) is 67.3 Å². The van der Waals surface area contributed by atoms with E-state index in [-0.39, 0.29) is 5.41 Å². The highest BCUT2D eigenvalue weighted by Crippen LogP contribution is 2.47. The van der Waals surface area contributed by atoms with Gasteiger partial charge in [0.1, 0.15) is 0 Å². The van der Waals surface area contributed by atoms with Crippen LogP contribution in [0.3, 0.4) is 0 Å². The number of hydrogen-bond acceptors (Lipinski definition) is 2. The van der Waals surface area contributed by atoms with Gasteiger partial charge in [0, 0.05) is 22.1 Å².